The van der Waals surface area contributed by atoms with Crippen molar-refractivity contribution in [2.75, 3.05) is 4.72 Å². The zero-order valence-corrected chi connectivity index (χ0v) is 19.7. The van der Waals surface area contributed by atoms with Crippen molar-refractivity contribution in [1.29, 1.82) is 0 Å². The van der Waals surface area contributed by atoms with Crippen LogP contribution in [0.3, 0.4) is 0 Å². The minimum absolute atomic E-state index is 0.00933. The summed E-state index contributed by atoms with van der Waals surface area (Å²) >= 11 is 1.48. The van der Waals surface area contributed by atoms with Crippen molar-refractivity contribution < 1.29 is 17.9 Å². The Balaban J connectivity index is 1.72. The summed E-state index contributed by atoms with van der Waals surface area (Å²) in [5, 5.41) is 2.78. The van der Waals surface area contributed by atoms with Crippen molar-refractivity contribution in [3.05, 3.63) is 78.9 Å². The highest BCUT2D eigenvalue weighted by Crippen LogP contribution is 2.34. The van der Waals surface area contributed by atoms with Gasteiger partial charge in [-0.25, -0.2) is 8.42 Å². The average Bonchev–Trinajstić information content (AvgIpc) is 2.75. The topological polar surface area (TPSA) is 84.5 Å². The molecule has 0 saturated heterocycles. The first-order chi connectivity index (χ1) is 15.2. The molecular formula is C24H26N2O4S2. The fourth-order valence-electron chi connectivity index (χ4n) is 2.82. The summed E-state index contributed by atoms with van der Waals surface area (Å²) in [5.74, 6) is 0.182. The minimum Gasteiger partial charge on any atom is -0.481 e. The molecular weight excluding hydrogens is 444 g/mol. The lowest BCUT2D eigenvalue weighted by atomic mass is 10.3. The Labute approximate surface area is 193 Å². The molecule has 2 N–H and O–H groups in total. The van der Waals surface area contributed by atoms with Crippen molar-refractivity contribution in [1.82, 2.24) is 5.32 Å². The Kier molecular flexibility index (Phi) is 7.82. The van der Waals surface area contributed by atoms with Gasteiger partial charge >= 0.3 is 0 Å². The van der Waals surface area contributed by atoms with Crippen LogP contribution in [0.2, 0.25) is 0 Å². The predicted molar refractivity (Wildman–Crippen MR) is 128 cm³/mol. The van der Waals surface area contributed by atoms with Gasteiger partial charge in [0, 0.05) is 15.8 Å². The summed E-state index contributed by atoms with van der Waals surface area (Å²) in [4.78, 5) is 13.9. The maximum atomic E-state index is 12.9. The molecule has 6 nitrogen and oxygen atoms in total. The third-order valence-corrected chi connectivity index (χ3v) is 6.81. The molecule has 0 aliphatic heterocycles. The lowest BCUT2D eigenvalue weighted by molar-refractivity contribution is -0.127. The number of amides is 1. The highest BCUT2D eigenvalue weighted by atomic mass is 32.2. The van der Waals surface area contributed by atoms with Crippen LogP contribution >= 0.6 is 11.8 Å². The second kappa shape index (κ2) is 10.6. The molecule has 0 fully saturated rings. The van der Waals surface area contributed by atoms with Crippen LogP contribution in [0.25, 0.3) is 0 Å². The third-order valence-electron chi connectivity index (χ3n) is 4.35. The summed E-state index contributed by atoms with van der Waals surface area (Å²) in [7, 11) is -3.80. The zero-order valence-electron chi connectivity index (χ0n) is 18.1. The molecule has 168 valence electrons. The fraction of sp³-hybridized carbons (Fsp3) is 0.208. The van der Waals surface area contributed by atoms with E-state index in [2.05, 4.69) is 10.0 Å². The first-order valence-electron chi connectivity index (χ1n) is 10.2. The van der Waals surface area contributed by atoms with Gasteiger partial charge in [0.15, 0.2) is 6.10 Å². The van der Waals surface area contributed by atoms with E-state index in [1.807, 2.05) is 56.3 Å². The molecule has 0 heterocycles. The van der Waals surface area contributed by atoms with Gasteiger partial charge in [-0.3, -0.25) is 9.52 Å². The van der Waals surface area contributed by atoms with Crippen molar-refractivity contribution in [3.63, 3.8) is 0 Å². The Bertz CT molecular complexity index is 1150. The monoisotopic (exact) mass is 470 g/mol. The average molecular weight is 471 g/mol. The van der Waals surface area contributed by atoms with Gasteiger partial charge in [-0.2, -0.15) is 0 Å². The molecule has 0 unspecified atom stereocenters. The summed E-state index contributed by atoms with van der Waals surface area (Å²) in [6, 6.07) is 23.0. The number of hydrogen-bond acceptors (Lipinski definition) is 5. The van der Waals surface area contributed by atoms with E-state index in [1.165, 1.54) is 23.9 Å². The van der Waals surface area contributed by atoms with E-state index in [4.69, 9.17) is 4.74 Å². The molecule has 8 heteroatoms. The van der Waals surface area contributed by atoms with Gasteiger partial charge in [0.2, 0.25) is 0 Å². The van der Waals surface area contributed by atoms with E-state index in [-0.39, 0.29) is 16.8 Å². The lowest BCUT2D eigenvalue weighted by Crippen LogP contribution is -2.40. The molecule has 0 aliphatic carbocycles. The molecule has 0 bridgehead atoms. The maximum Gasteiger partial charge on any atom is 0.261 e. The molecule has 0 radical (unpaired) electrons. The van der Waals surface area contributed by atoms with E-state index in [1.54, 1.807) is 31.2 Å². The maximum absolute atomic E-state index is 12.9. The van der Waals surface area contributed by atoms with Crippen LogP contribution in [-0.2, 0) is 14.8 Å². The van der Waals surface area contributed by atoms with Gasteiger partial charge in [-0.1, -0.05) is 42.1 Å². The molecule has 1 amide bonds. The van der Waals surface area contributed by atoms with Gasteiger partial charge in [0.1, 0.15) is 5.75 Å². The van der Waals surface area contributed by atoms with Crippen LogP contribution < -0.4 is 14.8 Å². The van der Waals surface area contributed by atoms with Crippen LogP contribution in [0.15, 0.2) is 93.5 Å². The van der Waals surface area contributed by atoms with Gasteiger partial charge in [-0.15, -0.1) is 0 Å². The molecule has 0 spiro atoms. The Morgan fingerprint density at radius 1 is 0.875 bits per heavy atom. The van der Waals surface area contributed by atoms with Gasteiger partial charge in [-0.05, 0) is 69.3 Å². The summed E-state index contributed by atoms with van der Waals surface area (Å²) in [5.41, 5.74) is 0.501. The number of benzene rings is 3. The molecule has 0 saturated carbocycles. The van der Waals surface area contributed by atoms with Gasteiger partial charge in [0.25, 0.3) is 15.9 Å². The van der Waals surface area contributed by atoms with E-state index in [0.29, 0.717) is 11.4 Å². The molecule has 1 atom stereocenters. The number of nitrogens with one attached hydrogen (secondary N) is 2. The molecule has 32 heavy (non-hydrogen) atoms. The van der Waals surface area contributed by atoms with E-state index >= 15 is 0 Å². The van der Waals surface area contributed by atoms with Crippen LogP contribution in [0.5, 0.6) is 5.75 Å². The normalized spacial score (nSPS) is 12.2. The largest absolute Gasteiger partial charge is 0.481 e. The number of anilines is 1. The van der Waals surface area contributed by atoms with Crippen molar-refractivity contribution in [2.45, 2.75) is 47.6 Å². The first-order valence-corrected chi connectivity index (χ1v) is 12.5. The van der Waals surface area contributed by atoms with E-state index in [9.17, 15) is 13.2 Å². The van der Waals surface area contributed by atoms with Crippen LogP contribution in [0, 0.1) is 0 Å². The molecule has 3 aromatic carbocycles. The van der Waals surface area contributed by atoms with E-state index < -0.39 is 16.1 Å². The summed E-state index contributed by atoms with van der Waals surface area (Å²) in [6.07, 6.45) is -0.695. The Hall–Kier alpha value is -2.97. The Morgan fingerprint density at radius 2 is 1.50 bits per heavy atom. The van der Waals surface area contributed by atoms with Gasteiger partial charge in [0.05, 0.1) is 10.6 Å². The summed E-state index contributed by atoms with van der Waals surface area (Å²) < 4.78 is 34.2. The first kappa shape index (κ1) is 23.7. The summed E-state index contributed by atoms with van der Waals surface area (Å²) in [6.45, 7) is 5.38. The SMILES string of the molecule is CC(C)NC(=O)[C@H](C)Oc1ccc(S(=O)(=O)Nc2ccccc2Sc2ccccc2)cc1. The second-order valence-corrected chi connectivity index (χ2v) is 10.2. The number of carbonyl (C=O) groups excluding carboxylic acids is 1. The molecule has 3 aromatic rings. The van der Waals surface area contributed by atoms with E-state index in [0.717, 1.165) is 9.79 Å². The standard InChI is InChI=1S/C24H26N2O4S2/c1-17(2)25-24(27)18(3)30-19-13-15-21(16-14-19)32(28,29)26-22-11-7-8-12-23(22)31-20-9-5-4-6-10-20/h4-18,26H,1-3H3,(H,25,27)/t18-/m0/s1. The number of carbonyl (C=O) groups is 1. The molecule has 0 aliphatic rings. The van der Waals surface area contributed by atoms with Crippen LogP contribution in [-0.4, -0.2) is 26.5 Å². The van der Waals surface area contributed by atoms with Crippen LogP contribution in [0.1, 0.15) is 20.8 Å². The zero-order chi connectivity index (χ0) is 23.1. The highest BCUT2D eigenvalue weighted by molar-refractivity contribution is 7.99. The molecule has 3 rings (SSSR count). The smallest absolute Gasteiger partial charge is 0.261 e. The Morgan fingerprint density at radius 3 is 2.16 bits per heavy atom. The van der Waals surface area contributed by atoms with Crippen molar-refractivity contribution in [3.8, 4) is 5.75 Å². The highest BCUT2D eigenvalue weighted by Gasteiger charge is 2.18. The van der Waals surface area contributed by atoms with Crippen LogP contribution in [0.4, 0.5) is 5.69 Å². The quantitative estimate of drug-likeness (QED) is 0.463. The number of hydrogen-bond donors (Lipinski definition) is 2. The van der Waals surface area contributed by atoms with Crippen molar-refractivity contribution >= 4 is 33.4 Å². The lowest BCUT2D eigenvalue weighted by Gasteiger charge is -2.17. The van der Waals surface area contributed by atoms with Gasteiger partial charge < -0.3 is 10.1 Å². The predicted octanol–water partition coefficient (Wildman–Crippen LogP) is 4.93. The van der Waals surface area contributed by atoms with Crippen molar-refractivity contribution in [2.24, 2.45) is 0 Å². The third kappa shape index (κ3) is 6.51. The minimum atomic E-state index is -3.80. The fourth-order valence-corrected chi connectivity index (χ4v) is 4.88. The number of sulfonamides is 1. The molecule has 0 aromatic heterocycles. The number of ether oxygens (including phenoxy) is 1. The second-order valence-electron chi connectivity index (χ2n) is 7.41. The number of rotatable bonds is 9. The number of para-hydroxylation sites is 1.